The van der Waals surface area contributed by atoms with Gasteiger partial charge in [-0.25, -0.2) is 4.68 Å². The first kappa shape index (κ1) is 16.7. The van der Waals surface area contributed by atoms with Gasteiger partial charge in [0.05, 0.1) is 11.4 Å². The van der Waals surface area contributed by atoms with Gasteiger partial charge in [0.15, 0.2) is 0 Å². The summed E-state index contributed by atoms with van der Waals surface area (Å²) >= 11 is 0. The maximum atomic E-state index is 5.03. The molecule has 3 aromatic rings. The van der Waals surface area contributed by atoms with E-state index in [0.717, 1.165) is 24.5 Å². The molecule has 2 heterocycles. The molecule has 0 fully saturated rings. The molecular formula is C22H26N4. The molecule has 4 nitrogen and oxygen atoms in total. The van der Waals surface area contributed by atoms with E-state index in [1.165, 1.54) is 28.1 Å². The van der Waals surface area contributed by atoms with Crippen LogP contribution in [0.4, 0.5) is 11.5 Å². The van der Waals surface area contributed by atoms with Gasteiger partial charge in [-0.05, 0) is 36.1 Å². The van der Waals surface area contributed by atoms with Crippen LogP contribution in [0.25, 0.3) is 16.9 Å². The summed E-state index contributed by atoms with van der Waals surface area (Å²) in [5.74, 6) is 1.60. The molecule has 0 saturated heterocycles. The minimum Gasteiger partial charge on any atom is -0.378 e. The minimum atomic E-state index is 0.454. The fraction of sp³-hybridized carbons (Fsp3) is 0.318. The zero-order valence-electron chi connectivity index (χ0n) is 16.0. The standard InChI is InChI=1S/C22H26N4/c1-15(2)18-7-5-6-8-20(18)26-22-19(13-14-23-22)21(24-26)16-9-11-17(12-10-16)25(3)4/h5-12,15,23H,13-14H2,1-4H3. The minimum absolute atomic E-state index is 0.454. The van der Waals surface area contributed by atoms with Gasteiger partial charge in [-0.1, -0.05) is 44.2 Å². The number of rotatable bonds is 4. The number of hydrogen-bond acceptors (Lipinski definition) is 3. The zero-order valence-corrected chi connectivity index (χ0v) is 16.0. The smallest absolute Gasteiger partial charge is 0.133 e. The van der Waals surface area contributed by atoms with E-state index in [4.69, 9.17) is 5.10 Å². The Morgan fingerprint density at radius 1 is 1.04 bits per heavy atom. The average Bonchev–Trinajstić information content (AvgIpc) is 3.24. The highest BCUT2D eigenvalue weighted by Gasteiger charge is 2.25. The largest absolute Gasteiger partial charge is 0.378 e. The number of para-hydroxylation sites is 1. The summed E-state index contributed by atoms with van der Waals surface area (Å²) < 4.78 is 2.10. The van der Waals surface area contributed by atoms with Crippen molar-refractivity contribution in [2.45, 2.75) is 26.2 Å². The number of nitrogens with one attached hydrogen (secondary N) is 1. The maximum absolute atomic E-state index is 5.03. The van der Waals surface area contributed by atoms with E-state index in [0.29, 0.717) is 5.92 Å². The van der Waals surface area contributed by atoms with Gasteiger partial charge in [-0.15, -0.1) is 0 Å². The van der Waals surface area contributed by atoms with Crippen LogP contribution < -0.4 is 10.2 Å². The first-order valence-electron chi connectivity index (χ1n) is 9.29. The molecular weight excluding hydrogens is 320 g/mol. The fourth-order valence-corrected chi connectivity index (χ4v) is 3.67. The molecule has 0 amide bonds. The lowest BCUT2D eigenvalue weighted by Gasteiger charge is -2.14. The number of nitrogens with zero attached hydrogens (tertiary/aromatic N) is 3. The molecule has 0 saturated carbocycles. The van der Waals surface area contributed by atoms with Gasteiger partial charge in [0, 0.05) is 37.5 Å². The summed E-state index contributed by atoms with van der Waals surface area (Å²) in [6.45, 7) is 5.44. The molecule has 4 rings (SSSR count). The second-order valence-corrected chi connectivity index (χ2v) is 7.42. The van der Waals surface area contributed by atoms with E-state index < -0.39 is 0 Å². The number of fused-ring (bicyclic) bond motifs is 1. The normalized spacial score (nSPS) is 13.0. The lowest BCUT2D eigenvalue weighted by Crippen LogP contribution is -2.08. The van der Waals surface area contributed by atoms with Gasteiger partial charge >= 0.3 is 0 Å². The molecule has 26 heavy (non-hydrogen) atoms. The van der Waals surface area contributed by atoms with Crippen LogP contribution >= 0.6 is 0 Å². The van der Waals surface area contributed by atoms with Crippen molar-refractivity contribution in [1.29, 1.82) is 0 Å². The van der Waals surface area contributed by atoms with E-state index in [9.17, 15) is 0 Å². The molecule has 0 atom stereocenters. The molecule has 4 heteroatoms. The van der Waals surface area contributed by atoms with Crippen molar-refractivity contribution in [2.75, 3.05) is 30.9 Å². The van der Waals surface area contributed by atoms with Crippen molar-refractivity contribution < 1.29 is 0 Å². The third-order valence-corrected chi connectivity index (χ3v) is 5.10. The Hall–Kier alpha value is -2.75. The van der Waals surface area contributed by atoms with Gasteiger partial charge in [0.2, 0.25) is 0 Å². The van der Waals surface area contributed by atoms with Crippen molar-refractivity contribution in [1.82, 2.24) is 9.78 Å². The molecule has 0 radical (unpaired) electrons. The highest BCUT2D eigenvalue weighted by molar-refractivity contribution is 5.74. The van der Waals surface area contributed by atoms with E-state index in [1.807, 2.05) is 0 Å². The molecule has 1 aliphatic rings. The van der Waals surface area contributed by atoms with E-state index in [1.54, 1.807) is 0 Å². The molecule has 0 spiro atoms. The number of aromatic nitrogens is 2. The van der Waals surface area contributed by atoms with Crippen LogP contribution in [-0.4, -0.2) is 30.4 Å². The predicted octanol–water partition coefficient (Wildman–Crippen LogP) is 4.70. The van der Waals surface area contributed by atoms with Gasteiger partial charge in [0.25, 0.3) is 0 Å². The van der Waals surface area contributed by atoms with Crippen molar-refractivity contribution in [2.24, 2.45) is 0 Å². The second kappa shape index (κ2) is 6.52. The Kier molecular flexibility index (Phi) is 4.19. The van der Waals surface area contributed by atoms with E-state index >= 15 is 0 Å². The summed E-state index contributed by atoms with van der Waals surface area (Å²) in [6, 6.07) is 17.2. The monoisotopic (exact) mass is 346 g/mol. The fourth-order valence-electron chi connectivity index (χ4n) is 3.67. The second-order valence-electron chi connectivity index (χ2n) is 7.42. The van der Waals surface area contributed by atoms with E-state index in [2.05, 4.69) is 91.4 Å². The summed E-state index contributed by atoms with van der Waals surface area (Å²) in [5, 5.41) is 8.58. The highest BCUT2D eigenvalue weighted by Crippen LogP contribution is 2.36. The maximum Gasteiger partial charge on any atom is 0.133 e. The lowest BCUT2D eigenvalue weighted by atomic mass is 10.0. The Balaban J connectivity index is 1.84. The van der Waals surface area contributed by atoms with Gasteiger partial charge < -0.3 is 10.2 Å². The highest BCUT2D eigenvalue weighted by atomic mass is 15.3. The van der Waals surface area contributed by atoms with Crippen LogP contribution in [-0.2, 0) is 6.42 Å². The Labute approximate surface area is 155 Å². The topological polar surface area (TPSA) is 33.1 Å². The van der Waals surface area contributed by atoms with Crippen LogP contribution in [0.3, 0.4) is 0 Å². The van der Waals surface area contributed by atoms with Crippen LogP contribution in [0.5, 0.6) is 0 Å². The van der Waals surface area contributed by atoms with Crippen molar-refractivity contribution >= 4 is 11.5 Å². The Morgan fingerprint density at radius 2 is 1.77 bits per heavy atom. The first-order chi connectivity index (χ1) is 12.6. The number of anilines is 2. The lowest BCUT2D eigenvalue weighted by molar-refractivity contribution is 0.812. The van der Waals surface area contributed by atoms with Crippen LogP contribution in [0, 0.1) is 0 Å². The summed E-state index contributed by atoms with van der Waals surface area (Å²) in [6.07, 6.45) is 1.02. The molecule has 2 aromatic carbocycles. The summed E-state index contributed by atoms with van der Waals surface area (Å²) in [4.78, 5) is 2.12. The van der Waals surface area contributed by atoms with Gasteiger partial charge in [-0.3, -0.25) is 0 Å². The van der Waals surface area contributed by atoms with Gasteiger partial charge in [0.1, 0.15) is 5.82 Å². The zero-order chi connectivity index (χ0) is 18.3. The van der Waals surface area contributed by atoms with Crippen LogP contribution in [0.2, 0.25) is 0 Å². The Bertz CT molecular complexity index is 920. The van der Waals surface area contributed by atoms with Crippen molar-refractivity contribution in [3.63, 3.8) is 0 Å². The SMILES string of the molecule is CC(C)c1ccccc1-n1nc(-c2ccc(N(C)C)cc2)c2c1NCC2. The third kappa shape index (κ3) is 2.75. The molecule has 0 aliphatic carbocycles. The molecule has 1 aliphatic heterocycles. The summed E-state index contributed by atoms with van der Waals surface area (Å²) in [5.41, 5.74) is 7.28. The number of benzene rings is 2. The molecule has 0 bridgehead atoms. The van der Waals surface area contributed by atoms with Gasteiger partial charge in [-0.2, -0.15) is 5.10 Å². The van der Waals surface area contributed by atoms with Crippen LogP contribution in [0.15, 0.2) is 48.5 Å². The summed E-state index contributed by atoms with van der Waals surface area (Å²) in [7, 11) is 4.13. The molecule has 0 unspecified atom stereocenters. The quantitative estimate of drug-likeness (QED) is 0.743. The first-order valence-corrected chi connectivity index (χ1v) is 9.29. The van der Waals surface area contributed by atoms with E-state index in [-0.39, 0.29) is 0 Å². The average molecular weight is 346 g/mol. The predicted molar refractivity (Wildman–Crippen MR) is 110 cm³/mol. The molecule has 1 N–H and O–H groups in total. The van der Waals surface area contributed by atoms with Crippen molar-refractivity contribution in [3.05, 3.63) is 59.7 Å². The molecule has 1 aromatic heterocycles. The van der Waals surface area contributed by atoms with Crippen LogP contribution in [0.1, 0.15) is 30.9 Å². The number of hydrogen-bond donors (Lipinski definition) is 1. The molecule has 134 valence electrons. The third-order valence-electron chi connectivity index (χ3n) is 5.10. The Morgan fingerprint density at radius 3 is 2.46 bits per heavy atom. The van der Waals surface area contributed by atoms with Crippen molar-refractivity contribution in [3.8, 4) is 16.9 Å².